The molecule has 2 aliphatic heterocycles. The molecule has 0 bridgehead atoms. The number of aliphatic hydroxyl groups excluding tert-OH is 1. The molecule has 6 heteroatoms. The van der Waals surface area contributed by atoms with Crippen molar-refractivity contribution in [3.8, 4) is 0 Å². The van der Waals surface area contributed by atoms with Crippen molar-refractivity contribution in [1.29, 1.82) is 0 Å². The van der Waals surface area contributed by atoms with Gasteiger partial charge in [-0.05, 0) is 19.3 Å². The molecule has 2 fully saturated rings. The Morgan fingerprint density at radius 2 is 2.56 bits per heavy atom. The lowest BCUT2D eigenvalue weighted by atomic mass is 9.87. The number of nitrogens with one attached hydrogen (secondary N) is 1. The number of aromatic amines is 1. The minimum atomic E-state index is -0.555. The van der Waals surface area contributed by atoms with Crippen molar-refractivity contribution in [3.63, 3.8) is 0 Å². The van der Waals surface area contributed by atoms with Crippen LogP contribution in [0.1, 0.15) is 29.9 Å². The SMILES string of the molecule is O=C(c1ncc[nH]1)N1CC[C@H](O)[C@]2(CCCO2)C1. The van der Waals surface area contributed by atoms with E-state index in [1.54, 1.807) is 17.3 Å². The standard InChI is InChI=1S/C12H17N3O3/c16-9-2-6-15(8-12(9)3-1-7-18-12)11(17)10-13-4-5-14-10/h4-5,9,16H,1-3,6-8H2,(H,13,14)/t9-,12-/m0/s1. The summed E-state index contributed by atoms with van der Waals surface area (Å²) in [6, 6.07) is 0. The van der Waals surface area contributed by atoms with E-state index < -0.39 is 11.7 Å². The Morgan fingerprint density at radius 3 is 3.22 bits per heavy atom. The Balaban J connectivity index is 1.77. The van der Waals surface area contributed by atoms with Crippen LogP contribution in [0.4, 0.5) is 0 Å². The average Bonchev–Trinajstić information content (AvgIpc) is 3.04. The molecule has 1 spiro atoms. The number of likely N-dealkylation sites (tertiary alicyclic amines) is 1. The molecule has 0 aromatic carbocycles. The monoisotopic (exact) mass is 251 g/mol. The number of nitrogens with zero attached hydrogens (tertiary/aromatic N) is 2. The van der Waals surface area contributed by atoms with Crippen molar-refractivity contribution in [2.45, 2.75) is 31.0 Å². The molecule has 3 rings (SSSR count). The summed E-state index contributed by atoms with van der Waals surface area (Å²) in [5.41, 5.74) is -0.555. The number of aromatic nitrogens is 2. The number of amides is 1. The predicted molar refractivity (Wildman–Crippen MR) is 63.0 cm³/mol. The zero-order valence-corrected chi connectivity index (χ0v) is 10.1. The smallest absolute Gasteiger partial charge is 0.289 e. The van der Waals surface area contributed by atoms with Gasteiger partial charge >= 0.3 is 0 Å². The van der Waals surface area contributed by atoms with E-state index in [-0.39, 0.29) is 5.91 Å². The number of carbonyl (C=O) groups is 1. The van der Waals surface area contributed by atoms with E-state index in [1.165, 1.54) is 0 Å². The molecule has 2 N–H and O–H groups in total. The van der Waals surface area contributed by atoms with Crippen LogP contribution in [-0.2, 0) is 4.74 Å². The zero-order chi connectivity index (χ0) is 12.6. The van der Waals surface area contributed by atoms with Gasteiger partial charge in [0.05, 0.1) is 12.6 Å². The van der Waals surface area contributed by atoms with Crippen LogP contribution < -0.4 is 0 Å². The molecule has 18 heavy (non-hydrogen) atoms. The normalized spacial score (nSPS) is 32.1. The van der Waals surface area contributed by atoms with Crippen LogP contribution in [-0.4, -0.2) is 57.3 Å². The molecule has 6 nitrogen and oxygen atoms in total. The lowest BCUT2D eigenvalue weighted by Crippen LogP contribution is -2.58. The predicted octanol–water partition coefficient (Wildman–Crippen LogP) is 0.166. The number of carbonyl (C=O) groups excluding carboxylic acids is 1. The van der Waals surface area contributed by atoms with Crippen LogP contribution >= 0.6 is 0 Å². The number of hydrogen-bond acceptors (Lipinski definition) is 4. The molecular weight excluding hydrogens is 234 g/mol. The van der Waals surface area contributed by atoms with Crippen LogP contribution in [0, 0.1) is 0 Å². The van der Waals surface area contributed by atoms with E-state index in [1.807, 2.05) is 0 Å². The van der Waals surface area contributed by atoms with E-state index in [0.717, 1.165) is 12.8 Å². The molecule has 2 atom stereocenters. The molecule has 1 aromatic rings. The maximum Gasteiger partial charge on any atom is 0.289 e. The van der Waals surface area contributed by atoms with Crippen molar-refractivity contribution in [1.82, 2.24) is 14.9 Å². The molecule has 0 aliphatic carbocycles. The van der Waals surface area contributed by atoms with Crippen molar-refractivity contribution in [3.05, 3.63) is 18.2 Å². The van der Waals surface area contributed by atoms with E-state index in [0.29, 0.717) is 31.9 Å². The first-order valence-corrected chi connectivity index (χ1v) is 6.32. The first kappa shape index (κ1) is 11.7. The maximum absolute atomic E-state index is 12.2. The summed E-state index contributed by atoms with van der Waals surface area (Å²) in [4.78, 5) is 20.7. The van der Waals surface area contributed by atoms with Gasteiger partial charge in [-0.3, -0.25) is 4.79 Å². The molecule has 1 amide bonds. The third-order valence-electron chi connectivity index (χ3n) is 3.86. The van der Waals surface area contributed by atoms with Gasteiger partial charge in [-0.25, -0.2) is 4.98 Å². The van der Waals surface area contributed by atoms with Crippen LogP contribution in [0.15, 0.2) is 12.4 Å². The van der Waals surface area contributed by atoms with Gasteiger partial charge in [0.25, 0.3) is 5.91 Å². The molecular formula is C12H17N3O3. The number of H-pyrrole nitrogens is 1. The molecule has 0 radical (unpaired) electrons. The third kappa shape index (κ3) is 1.81. The molecule has 2 aliphatic rings. The van der Waals surface area contributed by atoms with E-state index in [2.05, 4.69) is 9.97 Å². The molecule has 0 saturated carbocycles. The fourth-order valence-corrected chi connectivity index (χ4v) is 2.86. The second-order valence-corrected chi connectivity index (χ2v) is 4.99. The lowest BCUT2D eigenvalue weighted by molar-refractivity contribution is -0.124. The number of imidazole rings is 1. The van der Waals surface area contributed by atoms with Gasteiger partial charge in [0.15, 0.2) is 5.82 Å². The lowest BCUT2D eigenvalue weighted by Gasteiger charge is -2.42. The highest BCUT2D eigenvalue weighted by atomic mass is 16.5. The van der Waals surface area contributed by atoms with Gasteiger partial charge in [0.1, 0.15) is 5.60 Å². The van der Waals surface area contributed by atoms with Crippen molar-refractivity contribution in [2.24, 2.45) is 0 Å². The van der Waals surface area contributed by atoms with Crippen molar-refractivity contribution >= 4 is 5.91 Å². The first-order valence-electron chi connectivity index (χ1n) is 6.32. The average molecular weight is 251 g/mol. The van der Waals surface area contributed by atoms with Gasteiger partial charge in [-0.2, -0.15) is 0 Å². The fourth-order valence-electron chi connectivity index (χ4n) is 2.86. The van der Waals surface area contributed by atoms with Crippen LogP contribution in [0.3, 0.4) is 0 Å². The first-order chi connectivity index (χ1) is 8.71. The quantitative estimate of drug-likeness (QED) is 0.745. The Kier molecular flexibility index (Phi) is 2.83. The third-order valence-corrected chi connectivity index (χ3v) is 3.86. The highest BCUT2D eigenvalue weighted by molar-refractivity contribution is 5.90. The van der Waals surface area contributed by atoms with Gasteiger partial charge in [0.2, 0.25) is 0 Å². The Hall–Kier alpha value is -1.40. The number of rotatable bonds is 1. The summed E-state index contributed by atoms with van der Waals surface area (Å²) >= 11 is 0. The molecule has 98 valence electrons. The highest BCUT2D eigenvalue weighted by Crippen LogP contribution is 2.35. The van der Waals surface area contributed by atoms with Crippen LogP contribution in [0.5, 0.6) is 0 Å². The van der Waals surface area contributed by atoms with Gasteiger partial charge in [-0.15, -0.1) is 0 Å². The Bertz CT molecular complexity index is 426. The fraction of sp³-hybridized carbons (Fsp3) is 0.667. The van der Waals surface area contributed by atoms with Crippen LogP contribution in [0.25, 0.3) is 0 Å². The Morgan fingerprint density at radius 1 is 1.67 bits per heavy atom. The largest absolute Gasteiger partial charge is 0.390 e. The summed E-state index contributed by atoms with van der Waals surface area (Å²) in [5.74, 6) is 0.223. The van der Waals surface area contributed by atoms with E-state index >= 15 is 0 Å². The zero-order valence-electron chi connectivity index (χ0n) is 10.1. The number of aliphatic hydroxyl groups is 1. The maximum atomic E-state index is 12.2. The van der Waals surface area contributed by atoms with Gasteiger partial charge in [-0.1, -0.05) is 0 Å². The Labute approximate surface area is 105 Å². The summed E-state index contributed by atoms with van der Waals surface area (Å²) in [6.07, 6.45) is 5.05. The van der Waals surface area contributed by atoms with Crippen molar-refractivity contribution in [2.75, 3.05) is 19.7 Å². The second-order valence-electron chi connectivity index (χ2n) is 4.99. The molecule has 1 aromatic heterocycles. The summed E-state index contributed by atoms with van der Waals surface area (Å²) < 4.78 is 5.72. The second kappa shape index (κ2) is 4.37. The number of hydrogen-bond donors (Lipinski definition) is 2. The molecule has 3 heterocycles. The summed E-state index contributed by atoms with van der Waals surface area (Å²) in [6.45, 7) is 1.67. The minimum Gasteiger partial charge on any atom is -0.390 e. The van der Waals surface area contributed by atoms with E-state index in [4.69, 9.17) is 4.74 Å². The topological polar surface area (TPSA) is 78.5 Å². The molecule has 0 unspecified atom stereocenters. The van der Waals surface area contributed by atoms with Gasteiger partial charge in [0, 0.05) is 25.5 Å². The van der Waals surface area contributed by atoms with Crippen LogP contribution in [0.2, 0.25) is 0 Å². The molecule has 2 saturated heterocycles. The summed E-state index contributed by atoms with van der Waals surface area (Å²) in [7, 11) is 0. The minimum absolute atomic E-state index is 0.123. The summed E-state index contributed by atoms with van der Waals surface area (Å²) in [5, 5.41) is 10.1. The highest BCUT2D eigenvalue weighted by Gasteiger charge is 2.47. The number of ether oxygens (including phenoxy) is 1. The van der Waals surface area contributed by atoms with E-state index in [9.17, 15) is 9.90 Å². The van der Waals surface area contributed by atoms with Gasteiger partial charge < -0.3 is 19.7 Å². The number of piperidine rings is 1. The van der Waals surface area contributed by atoms with Crippen molar-refractivity contribution < 1.29 is 14.6 Å².